The van der Waals surface area contributed by atoms with Gasteiger partial charge in [-0.05, 0) is 88.5 Å². The van der Waals surface area contributed by atoms with Crippen molar-refractivity contribution in [2.24, 2.45) is 0 Å². The Bertz CT molecular complexity index is 4900. The zero-order valence-electron chi connectivity index (χ0n) is 44.0. The molecule has 0 N–H and O–H groups in total. The fourth-order valence-corrected chi connectivity index (χ4v) is 11.9. The van der Waals surface area contributed by atoms with E-state index < -0.39 is 0 Å². The van der Waals surface area contributed by atoms with E-state index in [0.29, 0.717) is 17.5 Å². The van der Waals surface area contributed by atoms with Crippen LogP contribution < -0.4 is 0 Å². The van der Waals surface area contributed by atoms with Crippen LogP contribution >= 0.6 is 0 Å². The summed E-state index contributed by atoms with van der Waals surface area (Å²) in [6, 6.07) is 90.3. The summed E-state index contributed by atoms with van der Waals surface area (Å²) in [5, 5.41) is 6.65. The molecule has 0 bridgehead atoms. The highest BCUT2D eigenvalue weighted by Crippen LogP contribution is 2.48. The highest BCUT2D eigenvalue weighted by atomic mass is 16.3. The van der Waals surface area contributed by atoms with Crippen LogP contribution in [0.4, 0.5) is 0 Å². The molecule has 0 aliphatic heterocycles. The number of para-hydroxylation sites is 3. The van der Waals surface area contributed by atoms with Gasteiger partial charge in [0.15, 0.2) is 17.5 Å². The summed E-state index contributed by atoms with van der Waals surface area (Å²) in [6.45, 7) is 3.85. The van der Waals surface area contributed by atoms with Crippen LogP contribution in [0.5, 0.6) is 0 Å². The lowest BCUT2D eigenvalue weighted by Crippen LogP contribution is -2.04. The normalized spacial score (nSPS) is 11.9. The Kier molecular flexibility index (Phi) is 11.6. The fraction of sp³-hybridized carbons (Fsp3) is 0. The summed E-state index contributed by atoms with van der Waals surface area (Å²) in [5.74, 6) is 1.76. The summed E-state index contributed by atoms with van der Waals surface area (Å²) in [6.07, 6.45) is 9.86. The summed E-state index contributed by atoms with van der Waals surface area (Å²) in [4.78, 5) is 15.8. The van der Waals surface area contributed by atoms with Crippen molar-refractivity contribution in [3.63, 3.8) is 0 Å². The molecule has 81 heavy (non-hydrogen) atoms. The highest BCUT2D eigenvalue weighted by Gasteiger charge is 2.27. The highest BCUT2D eigenvalue weighted by molar-refractivity contribution is 6.30. The van der Waals surface area contributed by atoms with Crippen molar-refractivity contribution in [1.29, 1.82) is 0 Å². The summed E-state index contributed by atoms with van der Waals surface area (Å²) in [7, 11) is 0. The van der Waals surface area contributed by atoms with Crippen molar-refractivity contribution < 1.29 is 4.42 Å². The average Bonchev–Trinajstić information content (AvgIpc) is 3.33. The smallest absolute Gasteiger partial charge is 0.164 e. The van der Waals surface area contributed by atoms with Crippen LogP contribution in [0.15, 0.2) is 290 Å². The minimum absolute atomic E-state index is 0.566. The summed E-state index contributed by atoms with van der Waals surface area (Å²) >= 11 is 0. The van der Waals surface area contributed by atoms with Crippen molar-refractivity contribution in [3.05, 3.63) is 291 Å². The van der Waals surface area contributed by atoms with Crippen LogP contribution in [-0.4, -0.2) is 24.1 Å². The van der Waals surface area contributed by atoms with Gasteiger partial charge in [-0.25, -0.2) is 15.0 Å². The molecule has 6 heteroatoms. The third-order valence-corrected chi connectivity index (χ3v) is 15.5. The van der Waals surface area contributed by atoms with E-state index in [1.165, 1.54) is 10.8 Å². The molecular formula is C75H49N5O. The lowest BCUT2D eigenvalue weighted by Gasteiger charge is -2.21. The Hall–Kier alpha value is -11.0. The van der Waals surface area contributed by atoms with E-state index in [2.05, 4.69) is 240 Å². The zero-order chi connectivity index (χ0) is 53.8. The first-order valence-corrected chi connectivity index (χ1v) is 27.3. The first-order chi connectivity index (χ1) is 40.1. The van der Waals surface area contributed by atoms with Crippen LogP contribution in [0.25, 0.3) is 151 Å². The van der Waals surface area contributed by atoms with Crippen LogP contribution in [-0.2, 0) is 0 Å². The third-order valence-electron chi connectivity index (χ3n) is 15.5. The van der Waals surface area contributed by atoms with Crippen molar-refractivity contribution in [2.45, 2.75) is 0 Å². The predicted octanol–water partition coefficient (Wildman–Crippen LogP) is 19.7. The fourth-order valence-electron chi connectivity index (χ4n) is 11.9. The lowest BCUT2D eigenvalue weighted by atomic mass is 9.91. The molecule has 0 aliphatic carbocycles. The van der Waals surface area contributed by atoms with E-state index in [-0.39, 0.29) is 0 Å². The van der Waals surface area contributed by atoms with E-state index in [1.54, 1.807) is 6.08 Å². The number of aromatic nitrogens is 5. The number of fused-ring (bicyclic) bond motifs is 11. The number of hydrogen-bond acceptors (Lipinski definition) is 4. The molecule has 0 saturated heterocycles. The molecule has 4 aromatic heterocycles. The van der Waals surface area contributed by atoms with Gasteiger partial charge >= 0.3 is 0 Å². The maximum atomic E-state index is 7.27. The molecule has 0 radical (unpaired) electrons. The lowest BCUT2D eigenvalue weighted by molar-refractivity contribution is 0.673. The molecule has 0 unspecified atom stereocenters. The molecule has 380 valence electrons. The Balaban J connectivity index is 1.04. The number of hydrogen-bond donors (Lipinski definition) is 0. The van der Waals surface area contributed by atoms with Gasteiger partial charge in [-0.2, -0.15) is 0 Å². The molecule has 0 aliphatic rings. The topological polar surface area (TPSA) is 61.7 Å². The van der Waals surface area contributed by atoms with Gasteiger partial charge in [-0.1, -0.05) is 231 Å². The van der Waals surface area contributed by atoms with Crippen molar-refractivity contribution in [2.75, 3.05) is 0 Å². The number of benzene rings is 11. The molecule has 6 nitrogen and oxygen atoms in total. The largest absolute Gasteiger partial charge is 0.455 e. The Morgan fingerprint density at radius 1 is 0.358 bits per heavy atom. The molecule has 4 heterocycles. The van der Waals surface area contributed by atoms with Crippen molar-refractivity contribution in [3.8, 4) is 78.9 Å². The zero-order valence-corrected chi connectivity index (χ0v) is 44.0. The molecule has 15 aromatic rings. The van der Waals surface area contributed by atoms with Gasteiger partial charge in [0.2, 0.25) is 0 Å². The Labute approximate surface area is 467 Å². The number of allylic oxidation sites excluding steroid dienone is 4. The van der Waals surface area contributed by atoms with Gasteiger partial charge in [-0.3, -0.25) is 0 Å². The van der Waals surface area contributed by atoms with Crippen molar-refractivity contribution >= 4 is 71.6 Å². The molecule has 0 saturated carbocycles. The second kappa shape index (κ2) is 19.8. The maximum absolute atomic E-state index is 7.27. The quantitative estimate of drug-likeness (QED) is 0.121. The number of rotatable bonds is 11. The van der Waals surface area contributed by atoms with Gasteiger partial charge < -0.3 is 13.6 Å². The minimum atomic E-state index is 0.566. The van der Waals surface area contributed by atoms with Gasteiger partial charge in [0.25, 0.3) is 0 Å². The van der Waals surface area contributed by atoms with Crippen LogP contribution in [0.2, 0.25) is 0 Å². The van der Waals surface area contributed by atoms with Gasteiger partial charge in [0.05, 0.1) is 38.5 Å². The van der Waals surface area contributed by atoms with Gasteiger partial charge in [0, 0.05) is 55.0 Å². The molecule has 0 atom stereocenters. The standard InChI is InChI=1S/C75H49N5O/c1-2-3-4-9-22-49-35-37-52(38-36-49)62-47-56(75-77-73(54-25-12-6-13-26-54)76-74(78-75)55-27-14-7-15-28-55)48-63(53-41-39-51(40-42-53)50-23-10-5-11-24-50)70(62)80-65-34-21-19-32-60(65)68-66(80)45-43-61-69-67(81-72(61)68)46-44-59-58-31-18-20-33-64(58)79(71(59)69)57-29-16-8-17-30-57/h2-48H,1H2/b4-3-,22-9+. The van der Waals surface area contributed by atoms with E-state index in [4.69, 9.17) is 19.4 Å². The van der Waals surface area contributed by atoms with Crippen LogP contribution in [0, 0.1) is 0 Å². The second-order valence-electron chi connectivity index (χ2n) is 20.3. The second-order valence-corrected chi connectivity index (χ2v) is 20.3. The average molecular weight is 1040 g/mol. The molecule has 15 rings (SSSR count). The van der Waals surface area contributed by atoms with E-state index >= 15 is 0 Å². The Morgan fingerprint density at radius 3 is 1.49 bits per heavy atom. The SMILES string of the molecule is C=C/C=C\C=C\c1ccc(-c2cc(-c3nc(-c4ccccc4)nc(-c4ccccc4)n3)cc(-c3ccc(-c4ccccc4)cc3)c2-n2c3ccccc3c3c4oc5ccc6c7ccccc7n(-c7ccccc7)c6c5c4ccc32)cc1. The number of nitrogens with zero attached hydrogens (tertiary/aromatic N) is 5. The third kappa shape index (κ3) is 8.16. The summed E-state index contributed by atoms with van der Waals surface area (Å²) in [5.41, 5.74) is 18.2. The van der Waals surface area contributed by atoms with Crippen LogP contribution in [0.3, 0.4) is 0 Å². The number of furan rings is 1. The van der Waals surface area contributed by atoms with E-state index in [1.807, 2.05) is 54.6 Å². The van der Waals surface area contributed by atoms with E-state index in [0.717, 1.165) is 122 Å². The van der Waals surface area contributed by atoms with Gasteiger partial charge in [-0.15, -0.1) is 0 Å². The first-order valence-electron chi connectivity index (χ1n) is 27.3. The first kappa shape index (κ1) is 47.3. The van der Waals surface area contributed by atoms with E-state index in [9.17, 15) is 0 Å². The molecule has 0 spiro atoms. The molecule has 0 amide bonds. The molecule has 11 aromatic carbocycles. The predicted molar refractivity (Wildman–Crippen MR) is 337 cm³/mol. The van der Waals surface area contributed by atoms with Crippen molar-refractivity contribution in [1.82, 2.24) is 24.1 Å². The molecular weight excluding hydrogens is 987 g/mol. The maximum Gasteiger partial charge on any atom is 0.164 e. The minimum Gasteiger partial charge on any atom is -0.455 e. The Morgan fingerprint density at radius 2 is 0.864 bits per heavy atom. The van der Waals surface area contributed by atoms with Gasteiger partial charge in [0.1, 0.15) is 11.2 Å². The summed E-state index contributed by atoms with van der Waals surface area (Å²) < 4.78 is 12.1. The molecule has 0 fully saturated rings. The van der Waals surface area contributed by atoms with Crippen LogP contribution in [0.1, 0.15) is 5.56 Å². The monoisotopic (exact) mass is 1040 g/mol.